The van der Waals surface area contributed by atoms with E-state index in [0.29, 0.717) is 6.54 Å². The van der Waals surface area contributed by atoms with Crippen molar-refractivity contribution in [2.45, 2.75) is 20.4 Å². The van der Waals surface area contributed by atoms with E-state index in [4.69, 9.17) is 5.84 Å². The zero-order valence-electron chi connectivity index (χ0n) is 7.18. The zero-order chi connectivity index (χ0) is 8.43. The van der Waals surface area contributed by atoms with Crippen LogP contribution in [0.3, 0.4) is 0 Å². The Hall–Kier alpha value is -0.870. The molecule has 0 aliphatic rings. The Morgan fingerprint density at radius 3 is 2.55 bits per heavy atom. The Bertz CT molecular complexity index is 251. The third-order valence-electron chi connectivity index (χ3n) is 1.97. The molecule has 1 heterocycles. The number of imidazole rings is 1. The molecule has 0 fully saturated rings. The molecule has 4 nitrogen and oxygen atoms in total. The second-order valence-electron chi connectivity index (χ2n) is 2.64. The van der Waals surface area contributed by atoms with Crippen LogP contribution in [0.1, 0.15) is 17.2 Å². The molecule has 0 unspecified atom stereocenters. The van der Waals surface area contributed by atoms with Crippen molar-refractivity contribution in [3.63, 3.8) is 0 Å². The van der Waals surface area contributed by atoms with Crippen LogP contribution < -0.4 is 11.3 Å². The van der Waals surface area contributed by atoms with Gasteiger partial charge >= 0.3 is 0 Å². The van der Waals surface area contributed by atoms with E-state index >= 15 is 0 Å². The Morgan fingerprint density at radius 1 is 1.55 bits per heavy atom. The number of hydrogen-bond donors (Lipinski definition) is 2. The van der Waals surface area contributed by atoms with Gasteiger partial charge in [0, 0.05) is 12.7 Å². The van der Waals surface area contributed by atoms with Gasteiger partial charge < -0.3 is 4.57 Å². The summed E-state index contributed by atoms with van der Waals surface area (Å²) in [5, 5.41) is 0. The molecule has 0 amide bonds. The lowest BCUT2D eigenvalue weighted by atomic mass is 10.4. The van der Waals surface area contributed by atoms with Gasteiger partial charge in [0.05, 0.1) is 12.2 Å². The molecule has 0 radical (unpaired) electrons. The van der Waals surface area contributed by atoms with Gasteiger partial charge in [0.1, 0.15) is 5.82 Å². The number of nitrogens with zero attached hydrogens (tertiary/aromatic N) is 2. The minimum atomic E-state index is 0.616. The van der Waals surface area contributed by atoms with Gasteiger partial charge in [-0.25, -0.2) is 4.98 Å². The molecule has 62 valence electrons. The summed E-state index contributed by atoms with van der Waals surface area (Å²) in [6.07, 6.45) is 0. The molecular formula is C7H14N4. The van der Waals surface area contributed by atoms with Crippen LogP contribution in [-0.2, 0) is 13.6 Å². The maximum Gasteiger partial charge on any atom is 0.124 e. The highest BCUT2D eigenvalue weighted by molar-refractivity contribution is 5.13. The predicted octanol–water partition coefficient (Wildman–Crippen LogP) is 0.000240. The van der Waals surface area contributed by atoms with E-state index in [1.54, 1.807) is 0 Å². The molecule has 1 rings (SSSR count). The number of hydrazine groups is 1. The largest absolute Gasteiger partial charge is 0.334 e. The highest BCUT2D eigenvalue weighted by Gasteiger charge is 2.05. The molecule has 3 N–H and O–H groups in total. The Morgan fingerprint density at radius 2 is 2.18 bits per heavy atom. The smallest absolute Gasteiger partial charge is 0.124 e. The van der Waals surface area contributed by atoms with Gasteiger partial charge in [-0.2, -0.15) is 0 Å². The summed E-state index contributed by atoms with van der Waals surface area (Å²) in [6, 6.07) is 0. The van der Waals surface area contributed by atoms with Crippen LogP contribution in [0, 0.1) is 13.8 Å². The van der Waals surface area contributed by atoms with Gasteiger partial charge in [-0.1, -0.05) is 0 Å². The van der Waals surface area contributed by atoms with Crippen molar-refractivity contribution in [1.29, 1.82) is 0 Å². The van der Waals surface area contributed by atoms with E-state index in [1.807, 2.05) is 25.5 Å². The summed E-state index contributed by atoms with van der Waals surface area (Å²) < 4.78 is 2.04. The molecule has 0 saturated carbocycles. The second-order valence-corrected chi connectivity index (χ2v) is 2.64. The number of aromatic nitrogens is 2. The molecule has 0 bridgehead atoms. The summed E-state index contributed by atoms with van der Waals surface area (Å²) in [6.45, 7) is 4.66. The van der Waals surface area contributed by atoms with Crippen molar-refractivity contribution in [3.05, 3.63) is 17.2 Å². The van der Waals surface area contributed by atoms with E-state index < -0.39 is 0 Å². The summed E-state index contributed by atoms with van der Waals surface area (Å²) in [5.41, 5.74) is 4.84. The number of aryl methyl sites for hydroxylation is 1. The third-order valence-corrected chi connectivity index (χ3v) is 1.97. The molecular weight excluding hydrogens is 140 g/mol. The zero-order valence-corrected chi connectivity index (χ0v) is 7.18. The van der Waals surface area contributed by atoms with Crippen molar-refractivity contribution in [2.24, 2.45) is 12.9 Å². The Kier molecular flexibility index (Phi) is 2.26. The maximum absolute atomic E-state index is 5.19. The van der Waals surface area contributed by atoms with E-state index in [2.05, 4.69) is 10.4 Å². The number of nitrogens with two attached hydrogens (primary N) is 1. The van der Waals surface area contributed by atoms with Gasteiger partial charge in [-0.3, -0.25) is 11.3 Å². The minimum absolute atomic E-state index is 0.616. The topological polar surface area (TPSA) is 55.9 Å². The second kappa shape index (κ2) is 3.02. The van der Waals surface area contributed by atoms with E-state index in [1.165, 1.54) is 5.69 Å². The van der Waals surface area contributed by atoms with E-state index in [-0.39, 0.29) is 0 Å². The first-order valence-corrected chi connectivity index (χ1v) is 3.59. The SMILES string of the molecule is Cc1nc(CNN)n(C)c1C. The van der Waals surface area contributed by atoms with Crippen molar-refractivity contribution >= 4 is 0 Å². The fourth-order valence-corrected chi connectivity index (χ4v) is 1.04. The molecule has 0 aliphatic carbocycles. The first-order valence-electron chi connectivity index (χ1n) is 3.59. The predicted molar refractivity (Wildman–Crippen MR) is 43.7 cm³/mol. The van der Waals surface area contributed by atoms with Crippen molar-refractivity contribution in [1.82, 2.24) is 15.0 Å². The number of nitrogens with one attached hydrogen (secondary N) is 1. The van der Waals surface area contributed by atoms with Crippen molar-refractivity contribution in [3.8, 4) is 0 Å². The number of hydrogen-bond acceptors (Lipinski definition) is 3. The summed E-state index contributed by atoms with van der Waals surface area (Å²) in [7, 11) is 1.99. The van der Waals surface area contributed by atoms with Crippen LogP contribution in [0.4, 0.5) is 0 Å². The van der Waals surface area contributed by atoms with Gasteiger partial charge in [0.25, 0.3) is 0 Å². The van der Waals surface area contributed by atoms with Crippen LogP contribution in [0.2, 0.25) is 0 Å². The average Bonchev–Trinajstić information content (AvgIpc) is 2.19. The van der Waals surface area contributed by atoms with Crippen molar-refractivity contribution in [2.75, 3.05) is 0 Å². The summed E-state index contributed by atoms with van der Waals surface area (Å²) in [4.78, 5) is 4.32. The van der Waals surface area contributed by atoms with Gasteiger partial charge in [-0.05, 0) is 13.8 Å². The van der Waals surface area contributed by atoms with Crippen LogP contribution in [0.25, 0.3) is 0 Å². The molecule has 11 heavy (non-hydrogen) atoms. The molecule has 0 aliphatic heterocycles. The quantitative estimate of drug-likeness (QED) is 0.465. The van der Waals surface area contributed by atoms with Gasteiger partial charge in [0.15, 0.2) is 0 Å². The lowest BCUT2D eigenvalue weighted by molar-refractivity contribution is 0.662. The molecule has 0 atom stereocenters. The summed E-state index contributed by atoms with van der Waals surface area (Å²) in [5.74, 6) is 6.16. The van der Waals surface area contributed by atoms with E-state index in [0.717, 1.165) is 11.5 Å². The number of rotatable bonds is 2. The lowest BCUT2D eigenvalue weighted by Crippen LogP contribution is -2.23. The monoisotopic (exact) mass is 154 g/mol. The third kappa shape index (κ3) is 1.41. The average molecular weight is 154 g/mol. The van der Waals surface area contributed by atoms with Gasteiger partial charge in [-0.15, -0.1) is 0 Å². The highest BCUT2D eigenvalue weighted by Crippen LogP contribution is 2.06. The molecule has 0 aromatic carbocycles. The lowest BCUT2D eigenvalue weighted by Gasteiger charge is -2.00. The molecule has 4 heteroatoms. The first kappa shape index (κ1) is 8.23. The Labute approximate surface area is 66.4 Å². The van der Waals surface area contributed by atoms with Crippen molar-refractivity contribution < 1.29 is 0 Å². The maximum atomic E-state index is 5.19. The molecule has 0 spiro atoms. The van der Waals surface area contributed by atoms with Gasteiger partial charge in [0.2, 0.25) is 0 Å². The normalized spacial score (nSPS) is 10.5. The minimum Gasteiger partial charge on any atom is -0.334 e. The highest BCUT2D eigenvalue weighted by atomic mass is 15.2. The van der Waals surface area contributed by atoms with Crippen LogP contribution >= 0.6 is 0 Å². The molecule has 0 saturated heterocycles. The van der Waals surface area contributed by atoms with Crippen LogP contribution in [0.15, 0.2) is 0 Å². The fraction of sp³-hybridized carbons (Fsp3) is 0.571. The van der Waals surface area contributed by atoms with Crippen LogP contribution in [-0.4, -0.2) is 9.55 Å². The molecule has 1 aromatic heterocycles. The summed E-state index contributed by atoms with van der Waals surface area (Å²) >= 11 is 0. The standard InChI is InChI=1S/C7H14N4/c1-5-6(2)11(3)7(10-5)4-9-8/h9H,4,8H2,1-3H3. The molecule has 1 aromatic rings. The van der Waals surface area contributed by atoms with E-state index in [9.17, 15) is 0 Å². The first-order chi connectivity index (χ1) is 5.16. The van der Waals surface area contributed by atoms with Crippen LogP contribution in [0.5, 0.6) is 0 Å². The Balaban J connectivity index is 2.98. The fourth-order valence-electron chi connectivity index (χ4n) is 1.04.